The van der Waals surface area contributed by atoms with Gasteiger partial charge in [0, 0.05) is 29.9 Å². The number of unbranched alkanes of at least 4 members (excludes halogenated alkanes) is 1. The standard InChI is InChI=1S/C17H19N5O3S/c1-2-3-9-22-15(23)8-7-12-11-19-17(21-16(12)22)20-13-5-4-6-14(10-13)26(18,24)25/h4-8,10-11H,2-3,9H2,1H3,(H2,18,24,25)(H,19,20,21). The third-order valence-electron chi connectivity index (χ3n) is 3.88. The lowest BCUT2D eigenvalue weighted by Crippen LogP contribution is -2.20. The summed E-state index contributed by atoms with van der Waals surface area (Å²) < 4.78 is 24.6. The van der Waals surface area contributed by atoms with Crippen molar-refractivity contribution in [2.24, 2.45) is 5.14 Å². The van der Waals surface area contributed by atoms with Gasteiger partial charge in [0.25, 0.3) is 5.56 Å². The van der Waals surface area contributed by atoms with Crippen LogP contribution in [0.4, 0.5) is 11.6 Å². The van der Waals surface area contributed by atoms with Crippen LogP contribution in [0, 0.1) is 0 Å². The van der Waals surface area contributed by atoms with Gasteiger partial charge in [0.1, 0.15) is 5.65 Å². The van der Waals surface area contributed by atoms with Crippen molar-refractivity contribution in [1.29, 1.82) is 0 Å². The number of hydrogen-bond acceptors (Lipinski definition) is 6. The zero-order valence-corrected chi connectivity index (χ0v) is 15.0. The highest BCUT2D eigenvalue weighted by atomic mass is 32.2. The van der Waals surface area contributed by atoms with Gasteiger partial charge in [-0.2, -0.15) is 4.98 Å². The van der Waals surface area contributed by atoms with Crippen LogP contribution < -0.4 is 16.0 Å². The highest BCUT2D eigenvalue weighted by Gasteiger charge is 2.10. The van der Waals surface area contributed by atoms with Crippen LogP contribution >= 0.6 is 0 Å². The molecule has 0 unspecified atom stereocenters. The Balaban J connectivity index is 2.00. The van der Waals surface area contributed by atoms with E-state index in [1.165, 1.54) is 18.2 Å². The van der Waals surface area contributed by atoms with Crippen molar-refractivity contribution in [2.75, 3.05) is 5.32 Å². The van der Waals surface area contributed by atoms with Gasteiger partial charge in [-0.1, -0.05) is 19.4 Å². The summed E-state index contributed by atoms with van der Waals surface area (Å²) in [5, 5.41) is 8.86. The molecule has 0 bridgehead atoms. The Hall–Kier alpha value is -2.78. The fourth-order valence-electron chi connectivity index (χ4n) is 2.54. The molecule has 0 aliphatic heterocycles. The molecule has 136 valence electrons. The van der Waals surface area contributed by atoms with Crippen LogP contribution in [0.25, 0.3) is 11.0 Å². The second kappa shape index (κ2) is 7.22. The number of pyridine rings is 1. The molecule has 0 spiro atoms. The van der Waals surface area contributed by atoms with Crippen LogP contribution in [-0.4, -0.2) is 23.0 Å². The minimum absolute atomic E-state index is 0.0110. The van der Waals surface area contributed by atoms with Crippen molar-refractivity contribution in [1.82, 2.24) is 14.5 Å². The monoisotopic (exact) mass is 373 g/mol. The first-order chi connectivity index (χ1) is 12.4. The summed E-state index contributed by atoms with van der Waals surface area (Å²) in [5.41, 5.74) is 0.895. The fourth-order valence-corrected chi connectivity index (χ4v) is 3.10. The maximum atomic E-state index is 12.2. The molecular formula is C17H19N5O3S. The molecule has 1 aromatic carbocycles. The molecule has 3 aromatic rings. The van der Waals surface area contributed by atoms with Gasteiger partial charge in [0.2, 0.25) is 16.0 Å². The van der Waals surface area contributed by atoms with E-state index in [2.05, 4.69) is 22.2 Å². The molecule has 0 fully saturated rings. The minimum Gasteiger partial charge on any atom is -0.324 e. The maximum absolute atomic E-state index is 12.2. The van der Waals surface area contributed by atoms with Crippen LogP contribution in [0.2, 0.25) is 0 Å². The number of aromatic nitrogens is 3. The summed E-state index contributed by atoms with van der Waals surface area (Å²) in [6.07, 6.45) is 3.44. The van der Waals surface area contributed by atoms with E-state index in [1.807, 2.05) is 0 Å². The zero-order chi connectivity index (χ0) is 18.7. The lowest BCUT2D eigenvalue weighted by atomic mass is 10.3. The maximum Gasteiger partial charge on any atom is 0.252 e. The molecule has 9 heteroatoms. The number of nitrogens with one attached hydrogen (secondary N) is 1. The molecule has 3 rings (SSSR count). The molecule has 0 saturated carbocycles. The summed E-state index contributed by atoms with van der Waals surface area (Å²) in [5.74, 6) is 0.264. The Morgan fingerprint density at radius 1 is 1.23 bits per heavy atom. The Morgan fingerprint density at radius 3 is 2.77 bits per heavy atom. The number of fused-ring (bicyclic) bond motifs is 1. The lowest BCUT2D eigenvalue weighted by Gasteiger charge is -2.11. The second-order valence-electron chi connectivity index (χ2n) is 5.85. The van der Waals surface area contributed by atoms with Gasteiger partial charge in [0.15, 0.2) is 0 Å². The summed E-state index contributed by atoms with van der Waals surface area (Å²) in [6.45, 7) is 2.63. The van der Waals surface area contributed by atoms with Crippen molar-refractivity contribution < 1.29 is 8.42 Å². The fraction of sp³-hybridized carbons (Fsp3) is 0.235. The van der Waals surface area contributed by atoms with Crippen LogP contribution in [0.1, 0.15) is 19.8 Å². The first kappa shape index (κ1) is 18.0. The van der Waals surface area contributed by atoms with Crippen LogP contribution in [0.5, 0.6) is 0 Å². The summed E-state index contributed by atoms with van der Waals surface area (Å²) in [7, 11) is -3.80. The normalized spacial score (nSPS) is 11.6. The Bertz CT molecular complexity index is 1110. The van der Waals surface area contributed by atoms with Gasteiger partial charge in [-0.15, -0.1) is 0 Å². The van der Waals surface area contributed by atoms with Crippen molar-refractivity contribution in [2.45, 2.75) is 31.2 Å². The van der Waals surface area contributed by atoms with Crippen molar-refractivity contribution >= 4 is 32.7 Å². The molecule has 0 atom stereocenters. The first-order valence-electron chi connectivity index (χ1n) is 8.15. The van der Waals surface area contributed by atoms with Gasteiger partial charge in [0.05, 0.1) is 4.90 Å². The number of primary sulfonamides is 1. The van der Waals surface area contributed by atoms with Crippen molar-refractivity contribution in [3.8, 4) is 0 Å². The second-order valence-corrected chi connectivity index (χ2v) is 7.41. The van der Waals surface area contributed by atoms with Gasteiger partial charge >= 0.3 is 0 Å². The number of anilines is 2. The number of nitrogens with zero attached hydrogens (tertiary/aromatic N) is 3. The van der Waals surface area contributed by atoms with E-state index in [0.29, 0.717) is 17.9 Å². The van der Waals surface area contributed by atoms with E-state index < -0.39 is 10.0 Å². The predicted octanol–water partition coefficient (Wildman–Crippen LogP) is 1.98. The smallest absolute Gasteiger partial charge is 0.252 e. The number of aryl methyl sites for hydroxylation is 1. The van der Waals surface area contributed by atoms with Crippen LogP contribution in [-0.2, 0) is 16.6 Å². The zero-order valence-electron chi connectivity index (χ0n) is 14.2. The molecule has 0 aliphatic rings. The summed E-state index contributed by atoms with van der Waals surface area (Å²) in [4.78, 5) is 20.8. The largest absolute Gasteiger partial charge is 0.324 e. The molecule has 2 heterocycles. The minimum atomic E-state index is -3.80. The van der Waals surface area contributed by atoms with E-state index in [-0.39, 0.29) is 16.4 Å². The SMILES string of the molecule is CCCCn1c(=O)ccc2cnc(Nc3cccc(S(N)(=O)=O)c3)nc21. The Labute approximate surface area is 150 Å². The molecule has 0 amide bonds. The van der Waals surface area contributed by atoms with E-state index in [9.17, 15) is 13.2 Å². The molecule has 26 heavy (non-hydrogen) atoms. The molecule has 8 nitrogen and oxygen atoms in total. The lowest BCUT2D eigenvalue weighted by molar-refractivity contribution is 0.598. The van der Waals surface area contributed by atoms with E-state index >= 15 is 0 Å². The number of nitrogens with two attached hydrogens (primary N) is 1. The molecular weight excluding hydrogens is 354 g/mol. The third kappa shape index (κ3) is 3.89. The van der Waals surface area contributed by atoms with E-state index in [1.54, 1.807) is 29.0 Å². The topological polar surface area (TPSA) is 120 Å². The van der Waals surface area contributed by atoms with E-state index in [0.717, 1.165) is 18.2 Å². The molecule has 0 aliphatic carbocycles. The Kier molecular flexibility index (Phi) is 5.01. The van der Waals surface area contributed by atoms with Crippen molar-refractivity contribution in [3.63, 3.8) is 0 Å². The highest BCUT2D eigenvalue weighted by molar-refractivity contribution is 7.89. The van der Waals surface area contributed by atoms with Gasteiger partial charge in [-0.05, 0) is 30.7 Å². The number of hydrogen-bond donors (Lipinski definition) is 2. The summed E-state index contributed by atoms with van der Waals surface area (Å²) in [6, 6.07) is 9.25. The third-order valence-corrected chi connectivity index (χ3v) is 4.79. The van der Waals surface area contributed by atoms with Gasteiger partial charge in [-0.25, -0.2) is 18.5 Å². The number of sulfonamides is 1. The molecule has 0 saturated heterocycles. The highest BCUT2D eigenvalue weighted by Crippen LogP contribution is 2.19. The van der Waals surface area contributed by atoms with Crippen molar-refractivity contribution in [3.05, 3.63) is 52.9 Å². The average molecular weight is 373 g/mol. The molecule has 3 N–H and O–H groups in total. The van der Waals surface area contributed by atoms with Gasteiger partial charge in [-0.3, -0.25) is 9.36 Å². The number of benzene rings is 1. The van der Waals surface area contributed by atoms with Crippen LogP contribution in [0.15, 0.2) is 52.3 Å². The molecule has 2 aromatic heterocycles. The van der Waals surface area contributed by atoms with Crippen LogP contribution in [0.3, 0.4) is 0 Å². The average Bonchev–Trinajstić information content (AvgIpc) is 2.60. The number of rotatable bonds is 6. The van der Waals surface area contributed by atoms with E-state index in [4.69, 9.17) is 5.14 Å². The molecule has 0 radical (unpaired) electrons. The predicted molar refractivity (Wildman–Crippen MR) is 99.8 cm³/mol. The van der Waals surface area contributed by atoms with Gasteiger partial charge < -0.3 is 5.32 Å². The summed E-state index contributed by atoms with van der Waals surface area (Å²) >= 11 is 0. The quantitative estimate of drug-likeness (QED) is 0.682. The first-order valence-corrected chi connectivity index (χ1v) is 9.69. The Morgan fingerprint density at radius 2 is 2.04 bits per heavy atom.